The van der Waals surface area contributed by atoms with E-state index in [2.05, 4.69) is 10.3 Å². The normalized spacial score (nSPS) is 11.9. The zero-order valence-electron chi connectivity index (χ0n) is 16.2. The van der Waals surface area contributed by atoms with Gasteiger partial charge in [-0.15, -0.1) is 11.3 Å². The van der Waals surface area contributed by atoms with E-state index in [4.69, 9.17) is 0 Å². The molecule has 1 N–H and O–H groups in total. The Kier molecular flexibility index (Phi) is 6.61. The fourth-order valence-corrected chi connectivity index (χ4v) is 5.40. The Morgan fingerprint density at radius 1 is 1.17 bits per heavy atom. The molecular weight excluding hydrogens is 413 g/mol. The number of hydrogen-bond donors (Lipinski definition) is 1. The Morgan fingerprint density at radius 2 is 1.93 bits per heavy atom. The summed E-state index contributed by atoms with van der Waals surface area (Å²) in [5.41, 5.74) is 0.884. The molecule has 1 amide bonds. The molecule has 0 bridgehead atoms. The number of rotatable bonds is 8. The maximum absolute atomic E-state index is 13.3. The highest BCUT2D eigenvalue weighted by molar-refractivity contribution is 7.89. The second-order valence-electron chi connectivity index (χ2n) is 6.34. The summed E-state index contributed by atoms with van der Waals surface area (Å²) in [5.74, 6) is -0.684. The maximum atomic E-state index is 13.3. The first kappa shape index (κ1) is 21.4. The zero-order valence-corrected chi connectivity index (χ0v) is 17.8. The molecule has 0 aliphatic heterocycles. The molecule has 0 radical (unpaired) electrons. The molecule has 9 heteroatoms. The number of aromatic nitrogens is 1. The molecule has 154 valence electrons. The third-order valence-corrected chi connectivity index (χ3v) is 7.60. The van der Waals surface area contributed by atoms with E-state index in [1.807, 2.05) is 0 Å². The van der Waals surface area contributed by atoms with Gasteiger partial charge in [0.1, 0.15) is 5.82 Å². The van der Waals surface area contributed by atoms with E-state index in [-0.39, 0.29) is 22.2 Å². The summed E-state index contributed by atoms with van der Waals surface area (Å²) in [6.07, 6.45) is 0.504. The van der Waals surface area contributed by atoms with Gasteiger partial charge in [-0.1, -0.05) is 19.9 Å². The maximum Gasteiger partial charge on any atom is 0.251 e. The number of amides is 1. The van der Waals surface area contributed by atoms with Gasteiger partial charge in [-0.2, -0.15) is 4.31 Å². The Balaban J connectivity index is 1.66. The van der Waals surface area contributed by atoms with Gasteiger partial charge < -0.3 is 5.32 Å². The first-order valence-electron chi connectivity index (χ1n) is 9.28. The third kappa shape index (κ3) is 4.80. The number of nitrogens with one attached hydrogen (secondary N) is 1. The lowest BCUT2D eigenvalue weighted by Gasteiger charge is -2.18. The highest BCUT2D eigenvalue weighted by atomic mass is 32.2. The molecule has 1 heterocycles. The summed E-state index contributed by atoms with van der Waals surface area (Å²) in [5, 5.41) is 3.58. The first-order chi connectivity index (χ1) is 13.8. The minimum atomic E-state index is -3.62. The molecule has 0 spiro atoms. The van der Waals surface area contributed by atoms with Crippen molar-refractivity contribution in [2.24, 2.45) is 0 Å². The number of nitrogens with zero attached hydrogens (tertiary/aromatic N) is 2. The lowest BCUT2D eigenvalue weighted by Crippen LogP contribution is -2.31. The van der Waals surface area contributed by atoms with Gasteiger partial charge in [0.2, 0.25) is 10.0 Å². The largest absolute Gasteiger partial charge is 0.352 e. The van der Waals surface area contributed by atoms with Crippen LogP contribution in [0, 0.1) is 5.82 Å². The number of carbonyl (C=O) groups is 1. The summed E-state index contributed by atoms with van der Waals surface area (Å²) in [6.45, 7) is 4.61. The number of sulfonamides is 1. The molecule has 0 saturated carbocycles. The van der Waals surface area contributed by atoms with Crippen molar-refractivity contribution in [2.75, 3.05) is 19.6 Å². The predicted molar refractivity (Wildman–Crippen MR) is 112 cm³/mol. The van der Waals surface area contributed by atoms with E-state index in [9.17, 15) is 17.6 Å². The number of benzene rings is 2. The van der Waals surface area contributed by atoms with Crippen LogP contribution in [0.3, 0.4) is 0 Å². The molecule has 6 nitrogen and oxygen atoms in total. The Hall–Kier alpha value is -2.36. The van der Waals surface area contributed by atoms with Crippen LogP contribution in [0.2, 0.25) is 0 Å². The molecule has 1 aromatic heterocycles. The number of carbonyl (C=O) groups excluding carboxylic acids is 1. The van der Waals surface area contributed by atoms with Crippen molar-refractivity contribution in [1.29, 1.82) is 0 Å². The number of halogens is 1. The van der Waals surface area contributed by atoms with E-state index in [1.165, 1.54) is 39.9 Å². The zero-order chi connectivity index (χ0) is 21.0. The van der Waals surface area contributed by atoms with Gasteiger partial charge in [-0.05, 0) is 30.3 Å². The van der Waals surface area contributed by atoms with Crippen LogP contribution in [0.1, 0.15) is 29.2 Å². The summed E-state index contributed by atoms with van der Waals surface area (Å²) < 4.78 is 40.8. The van der Waals surface area contributed by atoms with Crippen LogP contribution in [0.4, 0.5) is 4.39 Å². The second-order valence-corrected chi connectivity index (χ2v) is 9.40. The van der Waals surface area contributed by atoms with Gasteiger partial charge in [0.25, 0.3) is 5.91 Å². The van der Waals surface area contributed by atoms with E-state index < -0.39 is 10.0 Å². The average Bonchev–Trinajstić information content (AvgIpc) is 3.10. The smallest absolute Gasteiger partial charge is 0.251 e. The van der Waals surface area contributed by atoms with Gasteiger partial charge in [-0.25, -0.2) is 17.8 Å². The van der Waals surface area contributed by atoms with Crippen LogP contribution in [0.5, 0.6) is 0 Å². The third-order valence-electron chi connectivity index (χ3n) is 4.46. The van der Waals surface area contributed by atoms with Gasteiger partial charge >= 0.3 is 0 Å². The van der Waals surface area contributed by atoms with Crippen LogP contribution in [-0.2, 0) is 16.4 Å². The van der Waals surface area contributed by atoms with E-state index >= 15 is 0 Å². The minimum Gasteiger partial charge on any atom is -0.352 e. The molecule has 3 aromatic rings. The Morgan fingerprint density at radius 3 is 2.66 bits per heavy atom. The van der Waals surface area contributed by atoms with Gasteiger partial charge in [0.15, 0.2) is 0 Å². The van der Waals surface area contributed by atoms with E-state index in [0.29, 0.717) is 31.6 Å². The first-order valence-corrected chi connectivity index (χ1v) is 11.5. The van der Waals surface area contributed by atoms with Crippen LogP contribution in [0.25, 0.3) is 10.2 Å². The van der Waals surface area contributed by atoms with Gasteiger partial charge in [0, 0.05) is 37.7 Å². The standard InChI is InChI=1S/C20H22FN3O3S2/c1-3-24(4-2)29(26,27)16-7-5-6-14(12-16)20(25)22-11-10-19-23-17-13-15(21)8-9-18(17)28-19/h5-9,12-13H,3-4,10-11H2,1-2H3,(H,22,25). The SMILES string of the molecule is CCN(CC)S(=O)(=O)c1cccc(C(=O)NCCc2nc3cc(F)ccc3s2)c1. The molecule has 0 aliphatic rings. The van der Waals surface area contributed by atoms with Crippen LogP contribution < -0.4 is 5.32 Å². The lowest BCUT2D eigenvalue weighted by atomic mass is 10.2. The molecule has 0 unspecified atom stereocenters. The lowest BCUT2D eigenvalue weighted by molar-refractivity contribution is 0.0954. The molecule has 29 heavy (non-hydrogen) atoms. The van der Waals surface area contributed by atoms with Crippen molar-refractivity contribution < 1.29 is 17.6 Å². The van der Waals surface area contributed by atoms with Crippen LogP contribution >= 0.6 is 11.3 Å². The Bertz CT molecular complexity index is 1120. The Labute approximate surface area is 173 Å². The highest BCUT2D eigenvalue weighted by Gasteiger charge is 2.22. The van der Waals surface area contributed by atoms with Crippen molar-refractivity contribution in [3.8, 4) is 0 Å². The van der Waals surface area contributed by atoms with Crippen molar-refractivity contribution in [2.45, 2.75) is 25.2 Å². The topological polar surface area (TPSA) is 79.4 Å². The van der Waals surface area contributed by atoms with E-state index in [0.717, 1.165) is 9.71 Å². The summed E-state index contributed by atoms with van der Waals surface area (Å²) in [7, 11) is -3.62. The quantitative estimate of drug-likeness (QED) is 0.588. The molecular formula is C20H22FN3O3S2. The highest BCUT2D eigenvalue weighted by Crippen LogP contribution is 2.23. The monoisotopic (exact) mass is 435 g/mol. The fraction of sp³-hybridized carbons (Fsp3) is 0.300. The van der Waals surface area contributed by atoms with Crippen LogP contribution in [0.15, 0.2) is 47.4 Å². The molecule has 2 aromatic carbocycles. The minimum absolute atomic E-state index is 0.0991. The number of thiazole rings is 1. The summed E-state index contributed by atoms with van der Waals surface area (Å²) in [6, 6.07) is 10.5. The molecule has 0 atom stereocenters. The average molecular weight is 436 g/mol. The fourth-order valence-electron chi connectivity index (χ4n) is 2.95. The van der Waals surface area contributed by atoms with Gasteiger partial charge in [0.05, 0.1) is 20.1 Å². The number of hydrogen-bond acceptors (Lipinski definition) is 5. The van der Waals surface area contributed by atoms with Crippen molar-refractivity contribution >= 4 is 37.5 Å². The predicted octanol–water partition coefficient (Wildman–Crippen LogP) is 3.44. The summed E-state index contributed by atoms with van der Waals surface area (Å²) >= 11 is 1.45. The van der Waals surface area contributed by atoms with Gasteiger partial charge in [-0.3, -0.25) is 4.79 Å². The molecule has 0 fully saturated rings. The number of fused-ring (bicyclic) bond motifs is 1. The van der Waals surface area contributed by atoms with Crippen molar-refractivity contribution in [3.05, 3.63) is 58.9 Å². The van der Waals surface area contributed by atoms with Crippen LogP contribution in [-0.4, -0.2) is 43.2 Å². The molecule has 0 aliphatic carbocycles. The molecule has 0 saturated heterocycles. The molecule has 3 rings (SSSR count). The van der Waals surface area contributed by atoms with E-state index in [1.54, 1.807) is 32.0 Å². The van der Waals surface area contributed by atoms with Crippen molar-refractivity contribution in [3.63, 3.8) is 0 Å². The summed E-state index contributed by atoms with van der Waals surface area (Å²) in [4.78, 5) is 16.9. The van der Waals surface area contributed by atoms with Crippen molar-refractivity contribution in [1.82, 2.24) is 14.6 Å². The second kappa shape index (κ2) is 8.98.